The Kier molecular flexibility index (Phi) is 31.4. The van der Waals surface area contributed by atoms with E-state index in [-0.39, 0.29) is 50.2 Å². The van der Waals surface area contributed by atoms with Gasteiger partial charge in [0.25, 0.3) is 0 Å². The second kappa shape index (κ2) is 33.1. The standard InChI is InChI=1S/C39H70O9/c1-5-9-19-25-34(7-3)47-38(43)29-23-17-13-11-15-21-27-36(41)45-31-33(40)32-46-37(42)28-22-16-12-14-18-24-30-39(44)48-35(8-4)26-20-10-6-2/h34-35H,5-32H2,1-4H3/t34-,35-/m0/s1. The number of rotatable bonds is 34. The van der Waals surface area contributed by atoms with Gasteiger partial charge in [-0.2, -0.15) is 0 Å². The Hall–Kier alpha value is -2.45. The normalized spacial score (nSPS) is 12.2. The van der Waals surface area contributed by atoms with Gasteiger partial charge in [-0.25, -0.2) is 0 Å². The molecule has 0 aromatic rings. The molecule has 0 aliphatic heterocycles. The van der Waals surface area contributed by atoms with E-state index in [1.165, 1.54) is 12.8 Å². The van der Waals surface area contributed by atoms with Crippen molar-refractivity contribution >= 4 is 29.7 Å². The van der Waals surface area contributed by atoms with Crippen LogP contribution in [0.4, 0.5) is 0 Å². The van der Waals surface area contributed by atoms with Crippen LogP contribution in [-0.2, 0) is 42.9 Å². The van der Waals surface area contributed by atoms with Crippen LogP contribution in [0.5, 0.6) is 0 Å². The van der Waals surface area contributed by atoms with Crippen molar-refractivity contribution in [3.05, 3.63) is 0 Å². The Bertz CT molecular complexity index is 775. The van der Waals surface area contributed by atoms with Crippen molar-refractivity contribution in [1.29, 1.82) is 0 Å². The quantitative estimate of drug-likeness (QED) is 0.0371. The zero-order chi connectivity index (χ0) is 35.7. The first-order valence-corrected chi connectivity index (χ1v) is 19.5. The third-order valence-electron chi connectivity index (χ3n) is 8.58. The van der Waals surface area contributed by atoms with E-state index in [0.717, 1.165) is 116 Å². The molecule has 0 fully saturated rings. The molecule has 0 aliphatic rings. The van der Waals surface area contributed by atoms with Gasteiger partial charge in [0, 0.05) is 25.7 Å². The summed E-state index contributed by atoms with van der Waals surface area (Å²) in [5.74, 6) is -1.49. The molecule has 0 spiro atoms. The van der Waals surface area contributed by atoms with E-state index < -0.39 is 17.7 Å². The number of ether oxygens (including phenoxy) is 4. The second-order valence-corrected chi connectivity index (χ2v) is 13.1. The van der Waals surface area contributed by atoms with E-state index in [0.29, 0.717) is 25.7 Å². The van der Waals surface area contributed by atoms with E-state index in [4.69, 9.17) is 18.9 Å². The van der Waals surface area contributed by atoms with Crippen LogP contribution in [0.2, 0.25) is 0 Å². The summed E-state index contributed by atoms with van der Waals surface area (Å²) in [5.41, 5.74) is 0. The number of esters is 4. The number of carbonyl (C=O) groups is 5. The maximum atomic E-state index is 12.1. The zero-order valence-corrected chi connectivity index (χ0v) is 31.1. The Labute approximate surface area is 292 Å². The van der Waals surface area contributed by atoms with Crippen molar-refractivity contribution in [2.75, 3.05) is 13.2 Å². The molecule has 2 atom stereocenters. The molecule has 0 N–H and O–H groups in total. The average molecular weight is 683 g/mol. The lowest BCUT2D eigenvalue weighted by Crippen LogP contribution is -2.20. The lowest BCUT2D eigenvalue weighted by molar-refractivity contribution is -0.153. The first kappa shape index (κ1) is 45.6. The number of Topliss-reactive ketones (excluding diaryl/α,β-unsaturated/α-hetero) is 1. The van der Waals surface area contributed by atoms with Crippen LogP contribution in [-0.4, -0.2) is 55.1 Å². The van der Waals surface area contributed by atoms with Crippen molar-refractivity contribution in [2.45, 2.75) is 207 Å². The third kappa shape index (κ3) is 29.7. The molecule has 280 valence electrons. The molecule has 0 aromatic carbocycles. The molecule has 0 aromatic heterocycles. The fraction of sp³-hybridized carbons (Fsp3) is 0.872. The Morgan fingerprint density at radius 1 is 0.396 bits per heavy atom. The van der Waals surface area contributed by atoms with Crippen molar-refractivity contribution in [2.24, 2.45) is 0 Å². The van der Waals surface area contributed by atoms with E-state index in [1.54, 1.807) is 0 Å². The summed E-state index contributed by atoms with van der Waals surface area (Å²) >= 11 is 0. The third-order valence-corrected chi connectivity index (χ3v) is 8.58. The van der Waals surface area contributed by atoms with E-state index in [9.17, 15) is 24.0 Å². The summed E-state index contributed by atoms with van der Waals surface area (Å²) in [6, 6.07) is 0. The van der Waals surface area contributed by atoms with Gasteiger partial charge in [0.15, 0.2) is 13.2 Å². The molecule has 0 aliphatic carbocycles. The molecule has 0 bridgehead atoms. The van der Waals surface area contributed by atoms with Crippen molar-refractivity contribution in [3.63, 3.8) is 0 Å². The molecule has 0 radical (unpaired) electrons. The van der Waals surface area contributed by atoms with Crippen LogP contribution < -0.4 is 0 Å². The minimum absolute atomic E-state index is 0.0428. The molecule has 0 heterocycles. The highest BCUT2D eigenvalue weighted by Gasteiger charge is 2.14. The largest absolute Gasteiger partial charge is 0.462 e. The smallest absolute Gasteiger partial charge is 0.306 e. The summed E-state index contributed by atoms with van der Waals surface area (Å²) in [5, 5.41) is 0. The molecule has 0 saturated heterocycles. The van der Waals surface area contributed by atoms with Crippen molar-refractivity contribution in [3.8, 4) is 0 Å². The predicted molar refractivity (Wildman–Crippen MR) is 189 cm³/mol. The average Bonchev–Trinajstić information content (AvgIpc) is 3.07. The summed E-state index contributed by atoms with van der Waals surface area (Å²) in [6.07, 6.45) is 22.6. The van der Waals surface area contributed by atoms with E-state index in [1.807, 2.05) is 0 Å². The minimum Gasteiger partial charge on any atom is -0.462 e. The molecule has 0 saturated carbocycles. The number of hydrogen-bond donors (Lipinski definition) is 0. The number of hydrogen-bond acceptors (Lipinski definition) is 9. The molecular formula is C39H70O9. The molecular weight excluding hydrogens is 612 g/mol. The van der Waals surface area contributed by atoms with Crippen molar-refractivity contribution in [1.82, 2.24) is 0 Å². The number of unbranched alkanes of at least 4 members (excludes halogenated alkanes) is 14. The van der Waals surface area contributed by atoms with Gasteiger partial charge < -0.3 is 18.9 Å². The zero-order valence-electron chi connectivity index (χ0n) is 31.1. The van der Waals surface area contributed by atoms with Crippen LogP contribution in [0.3, 0.4) is 0 Å². The molecule has 48 heavy (non-hydrogen) atoms. The van der Waals surface area contributed by atoms with Gasteiger partial charge in [-0.15, -0.1) is 0 Å². The van der Waals surface area contributed by atoms with Gasteiger partial charge in [-0.05, 0) is 64.2 Å². The lowest BCUT2D eigenvalue weighted by atomic mass is 10.1. The molecule has 0 rings (SSSR count). The van der Waals surface area contributed by atoms with Gasteiger partial charge in [0.1, 0.15) is 12.2 Å². The SMILES string of the molecule is CCCCC[C@H](CC)OC(=O)CCCCCCCCC(=O)OCC(=O)COC(=O)CCCCCCCCC(=O)O[C@@H](CC)CCCCC. The predicted octanol–water partition coefficient (Wildman–Crippen LogP) is 9.69. The Morgan fingerprint density at radius 3 is 1.02 bits per heavy atom. The highest BCUT2D eigenvalue weighted by molar-refractivity contribution is 5.85. The summed E-state index contributed by atoms with van der Waals surface area (Å²) in [4.78, 5) is 59.9. The summed E-state index contributed by atoms with van der Waals surface area (Å²) in [7, 11) is 0. The van der Waals surface area contributed by atoms with Crippen LogP contribution >= 0.6 is 0 Å². The topological polar surface area (TPSA) is 122 Å². The van der Waals surface area contributed by atoms with E-state index >= 15 is 0 Å². The molecule has 0 amide bonds. The van der Waals surface area contributed by atoms with Gasteiger partial charge in [-0.3, -0.25) is 24.0 Å². The van der Waals surface area contributed by atoms with Gasteiger partial charge in [0.05, 0.1) is 0 Å². The summed E-state index contributed by atoms with van der Waals surface area (Å²) < 4.78 is 21.2. The van der Waals surface area contributed by atoms with Crippen molar-refractivity contribution < 1.29 is 42.9 Å². The van der Waals surface area contributed by atoms with E-state index in [2.05, 4.69) is 27.7 Å². The van der Waals surface area contributed by atoms with Gasteiger partial charge in [-0.1, -0.05) is 105 Å². The van der Waals surface area contributed by atoms with Gasteiger partial charge >= 0.3 is 23.9 Å². The number of carbonyl (C=O) groups excluding carboxylic acids is 5. The number of ketones is 1. The highest BCUT2D eigenvalue weighted by Crippen LogP contribution is 2.15. The highest BCUT2D eigenvalue weighted by atomic mass is 16.6. The fourth-order valence-electron chi connectivity index (χ4n) is 5.43. The maximum Gasteiger partial charge on any atom is 0.306 e. The monoisotopic (exact) mass is 683 g/mol. The fourth-order valence-corrected chi connectivity index (χ4v) is 5.43. The van der Waals surface area contributed by atoms with Crippen LogP contribution in [0.15, 0.2) is 0 Å². The Morgan fingerprint density at radius 2 is 0.708 bits per heavy atom. The van der Waals surface area contributed by atoms with Crippen LogP contribution in [0.1, 0.15) is 195 Å². The minimum atomic E-state index is -0.439. The lowest BCUT2D eigenvalue weighted by Gasteiger charge is -2.16. The van der Waals surface area contributed by atoms with Gasteiger partial charge in [0.2, 0.25) is 5.78 Å². The second-order valence-electron chi connectivity index (χ2n) is 13.1. The first-order valence-electron chi connectivity index (χ1n) is 19.5. The van der Waals surface area contributed by atoms with Crippen LogP contribution in [0.25, 0.3) is 0 Å². The van der Waals surface area contributed by atoms with Crippen LogP contribution in [0, 0.1) is 0 Å². The summed E-state index contributed by atoms with van der Waals surface area (Å²) in [6.45, 7) is 7.68. The molecule has 9 nitrogen and oxygen atoms in total. The first-order chi connectivity index (χ1) is 23.2. The maximum absolute atomic E-state index is 12.1. The molecule has 0 unspecified atom stereocenters. The molecule has 9 heteroatoms. The Balaban J connectivity index is 3.66.